The molecule has 2 aromatic rings. The smallest absolute Gasteiger partial charge is 0.357 e. The summed E-state index contributed by atoms with van der Waals surface area (Å²) in [6.07, 6.45) is 0. The molecule has 0 spiro atoms. The van der Waals surface area contributed by atoms with E-state index in [0.717, 1.165) is 0 Å². The van der Waals surface area contributed by atoms with Crippen molar-refractivity contribution in [1.29, 1.82) is 0 Å². The van der Waals surface area contributed by atoms with Crippen LogP contribution in [0, 0.1) is 0 Å². The molecular formula is C14H12O6S. The molecule has 2 N–H and O–H groups in total. The number of carbonyl (C=O) groups excluding carboxylic acids is 1. The fourth-order valence-corrected chi connectivity index (χ4v) is 2.08. The third-order valence-corrected chi connectivity index (χ3v) is 2.95. The lowest BCUT2D eigenvalue weighted by atomic mass is 10.0. The topological polar surface area (TPSA) is 93.1 Å². The van der Waals surface area contributed by atoms with Gasteiger partial charge in [-0.15, -0.1) is 0 Å². The number of para-hydroxylation sites is 1. The van der Waals surface area contributed by atoms with Gasteiger partial charge in [-0.1, -0.05) is 36.4 Å². The molecule has 0 aliphatic heterocycles. The van der Waals surface area contributed by atoms with Gasteiger partial charge < -0.3 is 14.0 Å². The fraction of sp³-hybridized carbons (Fsp3) is 0.0714. The minimum Gasteiger partial charge on any atom is -0.463 e. The van der Waals surface area contributed by atoms with Crippen LogP contribution in [0.4, 0.5) is 0 Å². The zero-order chi connectivity index (χ0) is 15.2. The molecule has 2 rings (SSSR count). The van der Waals surface area contributed by atoms with Gasteiger partial charge in [-0.25, -0.2) is 0 Å². The largest absolute Gasteiger partial charge is 0.463 e. The van der Waals surface area contributed by atoms with Gasteiger partial charge in [0.1, 0.15) is 0 Å². The van der Waals surface area contributed by atoms with Crippen molar-refractivity contribution in [2.75, 3.05) is 6.79 Å². The van der Waals surface area contributed by atoms with Gasteiger partial charge in [0, 0.05) is 5.56 Å². The van der Waals surface area contributed by atoms with E-state index in [1.165, 1.54) is 18.2 Å². The molecule has 21 heavy (non-hydrogen) atoms. The maximum absolute atomic E-state index is 12.4. The molecule has 0 amide bonds. The van der Waals surface area contributed by atoms with Crippen LogP contribution in [0.15, 0.2) is 48.5 Å². The van der Waals surface area contributed by atoms with Gasteiger partial charge >= 0.3 is 11.4 Å². The Morgan fingerprint density at radius 2 is 1.81 bits per heavy atom. The highest BCUT2D eigenvalue weighted by Gasteiger charge is 2.19. The summed E-state index contributed by atoms with van der Waals surface area (Å²) in [6.45, 7) is -0.701. The van der Waals surface area contributed by atoms with Crippen LogP contribution in [0.25, 0.3) is 0 Å². The van der Waals surface area contributed by atoms with E-state index in [-0.39, 0.29) is 22.8 Å². The molecule has 0 saturated carbocycles. The summed E-state index contributed by atoms with van der Waals surface area (Å²) in [5, 5.41) is 8.93. The SMILES string of the molecule is O=C(c1ccccc1)c1cccc(OS(=O)O)c1OCO. The second kappa shape index (κ2) is 6.98. The van der Waals surface area contributed by atoms with Gasteiger partial charge in [-0.05, 0) is 12.1 Å². The van der Waals surface area contributed by atoms with Crippen LogP contribution in [0.5, 0.6) is 11.5 Å². The van der Waals surface area contributed by atoms with Crippen molar-refractivity contribution in [3.05, 3.63) is 59.7 Å². The van der Waals surface area contributed by atoms with Crippen molar-refractivity contribution in [2.45, 2.75) is 0 Å². The monoisotopic (exact) mass is 308 g/mol. The second-order valence-electron chi connectivity index (χ2n) is 3.90. The number of ether oxygens (including phenoxy) is 1. The van der Waals surface area contributed by atoms with Crippen LogP contribution in [0.1, 0.15) is 15.9 Å². The van der Waals surface area contributed by atoms with Crippen LogP contribution in [0.3, 0.4) is 0 Å². The zero-order valence-corrected chi connectivity index (χ0v) is 11.6. The third kappa shape index (κ3) is 3.66. The fourth-order valence-electron chi connectivity index (χ4n) is 1.80. The van der Waals surface area contributed by atoms with Crippen LogP contribution in [0.2, 0.25) is 0 Å². The molecule has 0 saturated heterocycles. The molecule has 0 radical (unpaired) electrons. The first-order valence-electron chi connectivity index (χ1n) is 5.89. The third-order valence-electron chi connectivity index (χ3n) is 2.63. The molecular weight excluding hydrogens is 296 g/mol. The molecule has 0 aromatic heterocycles. The molecule has 7 heteroatoms. The summed E-state index contributed by atoms with van der Waals surface area (Å²) in [7, 11) is 0. The van der Waals surface area contributed by atoms with Crippen LogP contribution >= 0.6 is 0 Å². The number of benzene rings is 2. The van der Waals surface area contributed by atoms with Crippen molar-refractivity contribution in [3.8, 4) is 11.5 Å². The van der Waals surface area contributed by atoms with Gasteiger partial charge in [0.05, 0.1) is 5.56 Å². The molecule has 2 aromatic carbocycles. The Kier molecular flexibility index (Phi) is 5.04. The van der Waals surface area contributed by atoms with Gasteiger partial charge in [0.15, 0.2) is 24.1 Å². The predicted octanol–water partition coefficient (Wildman–Crippen LogP) is 1.76. The first-order chi connectivity index (χ1) is 10.1. The lowest BCUT2D eigenvalue weighted by Gasteiger charge is -2.12. The van der Waals surface area contributed by atoms with Gasteiger partial charge in [0.25, 0.3) is 0 Å². The average molecular weight is 308 g/mol. The minimum absolute atomic E-state index is 0.0868. The normalized spacial score (nSPS) is 11.7. The Hall–Kier alpha value is -2.22. The molecule has 6 nitrogen and oxygen atoms in total. The standard InChI is InChI=1S/C14H12O6S/c15-9-19-14-11(7-4-8-12(14)20-21(17)18)13(16)10-5-2-1-3-6-10/h1-8,15H,9H2,(H,17,18). The lowest BCUT2D eigenvalue weighted by Crippen LogP contribution is -2.09. The highest BCUT2D eigenvalue weighted by Crippen LogP contribution is 2.33. The van der Waals surface area contributed by atoms with Gasteiger partial charge in [0.2, 0.25) is 0 Å². The van der Waals surface area contributed by atoms with Crippen molar-refractivity contribution >= 4 is 17.1 Å². The number of hydrogen-bond acceptors (Lipinski definition) is 5. The Bertz CT molecular complexity index is 656. The lowest BCUT2D eigenvalue weighted by molar-refractivity contribution is 0.0921. The second-order valence-corrected chi connectivity index (χ2v) is 4.50. The number of aliphatic hydroxyl groups excluding tert-OH is 1. The van der Waals surface area contributed by atoms with Crippen molar-refractivity contribution in [2.24, 2.45) is 0 Å². The van der Waals surface area contributed by atoms with Gasteiger partial charge in [-0.2, -0.15) is 4.21 Å². The highest BCUT2D eigenvalue weighted by atomic mass is 32.2. The van der Waals surface area contributed by atoms with Crippen molar-refractivity contribution in [3.63, 3.8) is 0 Å². The highest BCUT2D eigenvalue weighted by molar-refractivity contribution is 7.74. The van der Waals surface area contributed by atoms with E-state index in [1.807, 2.05) is 0 Å². The Balaban J connectivity index is 2.47. The van der Waals surface area contributed by atoms with E-state index in [9.17, 15) is 9.00 Å². The molecule has 0 aliphatic carbocycles. The Morgan fingerprint density at radius 1 is 1.10 bits per heavy atom. The van der Waals surface area contributed by atoms with Crippen LogP contribution in [-0.2, 0) is 11.4 Å². The molecule has 1 atom stereocenters. The first-order valence-corrected chi connectivity index (χ1v) is 6.92. The summed E-state index contributed by atoms with van der Waals surface area (Å²) < 4.78 is 29.2. The summed E-state index contributed by atoms with van der Waals surface area (Å²) in [5.41, 5.74) is 0.542. The molecule has 0 bridgehead atoms. The van der Waals surface area contributed by atoms with E-state index in [2.05, 4.69) is 4.18 Å². The number of hydrogen-bond donors (Lipinski definition) is 2. The van der Waals surface area contributed by atoms with Crippen molar-refractivity contribution in [1.82, 2.24) is 0 Å². The quantitative estimate of drug-likeness (QED) is 0.480. The van der Waals surface area contributed by atoms with E-state index in [4.69, 9.17) is 14.4 Å². The maximum atomic E-state index is 12.4. The molecule has 0 fully saturated rings. The summed E-state index contributed by atoms with van der Waals surface area (Å²) in [6, 6.07) is 12.8. The zero-order valence-electron chi connectivity index (χ0n) is 10.8. The van der Waals surface area contributed by atoms with E-state index in [1.54, 1.807) is 30.3 Å². The van der Waals surface area contributed by atoms with E-state index >= 15 is 0 Å². The molecule has 1 unspecified atom stereocenters. The summed E-state index contributed by atoms with van der Waals surface area (Å²) in [5.74, 6) is -0.545. The Morgan fingerprint density at radius 3 is 2.43 bits per heavy atom. The average Bonchev–Trinajstić information content (AvgIpc) is 2.49. The first kappa shape index (κ1) is 15.2. The number of carbonyl (C=O) groups is 1. The maximum Gasteiger partial charge on any atom is 0.357 e. The summed E-state index contributed by atoms with van der Waals surface area (Å²) in [4.78, 5) is 12.4. The van der Waals surface area contributed by atoms with E-state index < -0.39 is 18.2 Å². The van der Waals surface area contributed by atoms with Crippen LogP contribution in [-0.4, -0.2) is 26.4 Å². The Labute approximate surface area is 123 Å². The van der Waals surface area contributed by atoms with E-state index in [0.29, 0.717) is 5.56 Å². The molecule has 110 valence electrons. The summed E-state index contributed by atoms with van der Waals surface area (Å²) >= 11 is -2.57. The number of aliphatic hydroxyl groups is 1. The minimum atomic E-state index is -2.57. The van der Waals surface area contributed by atoms with Crippen LogP contribution < -0.4 is 8.92 Å². The number of ketones is 1. The van der Waals surface area contributed by atoms with Gasteiger partial charge in [-0.3, -0.25) is 9.35 Å². The predicted molar refractivity (Wildman–Crippen MR) is 75.4 cm³/mol. The van der Waals surface area contributed by atoms with Crippen molar-refractivity contribution < 1.29 is 27.6 Å². The molecule has 0 aliphatic rings. The molecule has 0 heterocycles. The number of rotatable bonds is 6.